The summed E-state index contributed by atoms with van der Waals surface area (Å²) in [5, 5.41) is 9.69. The number of aliphatic hydroxyl groups excluding tert-OH is 1. The third-order valence-corrected chi connectivity index (χ3v) is 4.15. The Bertz CT molecular complexity index is 392. The van der Waals surface area contributed by atoms with Gasteiger partial charge in [-0.2, -0.15) is 0 Å². The Morgan fingerprint density at radius 2 is 2.17 bits per heavy atom. The zero-order valence-electron chi connectivity index (χ0n) is 11.3. The predicted octanol–water partition coefficient (Wildman–Crippen LogP) is 1.70. The van der Waals surface area contributed by atoms with Crippen LogP contribution < -0.4 is 5.73 Å². The van der Waals surface area contributed by atoms with Crippen molar-refractivity contribution in [3.05, 3.63) is 35.4 Å². The summed E-state index contributed by atoms with van der Waals surface area (Å²) in [7, 11) is 0. The second-order valence-electron chi connectivity index (χ2n) is 5.39. The van der Waals surface area contributed by atoms with Gasteiger partial charge >= 0.3 is 0 Å². The Kier molecular flexibility index (Phi) is 4.38. The molecule has 0 amide bonds. The van der Waals surface area contributed by atoms with Crippen LogP contribution in [0.4, 0.5) is 0 Å². The van der Waals surface area contributed by atoms with E-state index in [9.17, 15) is 5.11 Å². The van der Waals surface area contributed by atoms with Gasteiger partial charge in [-0.25, -0.2) is 0 Å². The maximum Gasteiger partial charge on any atom is 0.0552 e. The molecule has 1 aromatic rings. The summed E-state index contributed by atoms with van der Waals surface area (Å²) >= 11 is 0. The van der Waals surface area contributed by atoms with E-state index >= 15 is 0 Å². The zero-order valence-corrected chi connectivity index (χ0v) is 11.3. The van der Waals surface area contributed by atoms with Crippen LogP contribution in [0.5, 0.6) is 0 Å². The lowest BCUT2D eigenvalue weighted by molar-refractivity contribution is 0.122. The molecule has 0 radical (unpaired) electrons. The number of aliphatic hydroxyl groups is 1. The third kappa shape index (κ3) is 2.74. The number of benzene rings is 1. The topological polar surface area (TPSA) is 49.5 Å². The second kappa shape index (κ2) is 5.83. The Labute approximate surface area is 110 Å². The van der Waals surface area contributed by atoms with Crippen molar-refractivity contribution in [1.29, 1.82) is 0 Å². The van der Waals surface area contributed by atoms with Gasteiger partial charge in [0.2, 0.25) is 0 Å². The van der Waals surface area contributed by atoms with Crippen LogP contribution in [0.15, 0.2) is 24.3 Å². The molecule has 1 heterocycles. The molecule has 1 aliphatic heterocycles. The monoisotopic (exact) mass is 248 g/mol. The minimum absolute atomic E-state index is 0.217. The lowest BCUT2D eigenvalue weighted by Gasteiger charge is -2.28. The van der Waals surface area contributed by atoms with E-state index in [-0.39, 0.29) is 12.1 Å². The fraction of sp³-hybridized carbons (Fsp3) is 0.600. The number of hydrogen-bond donors (Lipinski definition) is 2. The first-order valence-corrected chi connectivity index (χ1v) is 6.81. The highest BCUT2D eigenvalue weighted by Crippen LogP contribution is 2.29. The van der Waals surface area contributed by atoms with E-state index in [0.29, 0.717) is 12.5 Å². The van der Waals surface area contributed by atoms with Crippen LogP contribution in [0, 0.1) is 12.8 Å². The van der Waals surface area contributed by atoms with E-state index in [1.807, 2.05) is 6.92 Å². The van der Waals surface area contributed by atoms with E-state index < -0.39 is 0 Å². The van der Waals surface area contributed by atoms with Gasteiger partial charge in [0.25, 0.3) is 0 Å². The van der Waals surface area contributed by atoms with Gasteiger partial charge in [0.05, 0.1) is 6.10 Å². The molecule has 1 aromatic carbocycles. The fourth-order valence-corrected chi connectivity index (χ4v) is 2.93. The average Bonchev–Trinajstić information content (AvgIpc) is 2.82. The highest BCUT2D eigenvalue weighted by atomic mass is 16.3. The van der Waals surface area contributed by atoms with Crippen LogP contribution in [-0.4, -0.2) is 35.7 Å². The Hall–Kier alpha value is -0.900. The maximum atomic E-state index is 9.69. The number of nitrogens with zero attached hydrogens (tertiary/aromatic N) is 1. The SMILES string of the molecule is Cc1ccccc1C(CN)N1CCC(C(C)O)C1. The second-order valence-corrected chi connectivity index (χ2v) is 5.39. The van der Waals surface area contributed by atoms with Gasteiger partial charge in [0.15, 0.2) is 0 Å². The van der Waals surface area contributed by atoms with Crippen LogP contribution in [0.25, 0.3) is 0 Å². The van der Waals surface area contributed by atoms with Gasteiger partial charge in [0, 0.05) is 19.1 Å². The summed E-state index contributed by atoms with van der Waals surface area (Å²) in [4.78, 5) is 2.42. The molecular formula is C15H24N2O. The molecule has 3 heteroatoms. The summed E-state index contributed by atoms with van der Waals surface area (Å²) in [6.45, 7) is 6.65. The average molecular weight is 248 g/mol. The largest absolute Gasteiger partial charge is 0.393 e. The van der Waals surface area contributed by atoms with Crippen molar-refractivity contribution in [1.82, 2.24) is 4.90 Å². The summed E-state index contributed by atoms with van der Waals surface area (Å²) < 4.78 is 0. The van der Waals surface area contributed by atoms with Crippen molar-refractivity contribution in [2.24, 2.45) is 11.7 Å². The molecule has 18 heavy (non-hydrogen) atoms. The normalized spacial score (nSPS) is 24.1. The molecule has 0 bridgehead atoms. The Balaban J connectivity index is 2.13. The smallest absolute Gasteiger partial charge is 0.0552 e. The van der Waals surface area contributed by atoms with Gasteiger partial charge < -0.3 is 10.8 Å². The lowest BCUT2D eigenvalue weighted by Crippen LogP contribution is -2.33. The highest BCUT2D eigenvalue weighted by Gasteiger charge is 2.31. The molecule has 3 nitrogen and oxygen atoms in total. The van der Waals surface area contributed by atoms with Crippen molar-refractivity contribution < 1.29 is 5.11 Å². The molecule has 1 fully saturated rings. The van der Waals surface area contributed by atoms with E-state index in [4.69, 9.17) is 5.73 Å². The first-order valence-electron chi connectivity index (χ1n) is 6.81. The first kappa shape index (κ1) is 13.5. The molecule has 3 unspecified atom stereocenters. The molecule has 2 rings (SSSR count). The number of rotatable bonds is 4. The third-order valence-electron chi connectivity index (χ3n) is 4.15. The zero-order chi connectivity index (χ0) is 13.1. The van der Waals surface area contributed by atoms with Crippen LogP contribution in [-0.2, 0) is 0 Å². The number of nitrogens with two attached hydrogens (primary N) is 1. The first-order chi connectivity index (χ1) is 8.63. The van der Waals surface area contributed by atoms with E-state index in [2.05, 4.69) is 36.1 Å². The molecule has 0 spiro atoms. The molecule has 100 valence electrons. The van der Waals surface area contributed by atoms with E-state index in [1.165, 1.54) is 11.1 Å². The number of hydrogen-bond acceptors (Lipinski definition) is 3. The van der Waals surface area contributed by atoms with Crippen molar-refractivity contribution in [2.45, 2.75) is 32.4 Å². The van der Waals surface area contributed by atoms with Gasteiger partial charge in [-0.05, 0) is 43.9 Å². The van der Waals surface area contributed by atoms with Crippen LogP contribution in [0.3, 0.4) is 0 Å². The quantitative estimate of drug-likeness (QED) is 0.852. The molecule has 0 aliphatic carbocycles. The Morgan fingerprint density at radius 3 is 2.72 bits per heavy atom. The summed E-state index contributed by atoms with van der Waals surface area (Å²) in [6, 6.07) is 8.74. The fourth-order valence-electron chi connectivity index (χ4n) is 2.93. The van der Waals surface area contributed by atoms with Gasteiger partial charge in [-0.1, -0.05) is 24.3 Å². The molecule has 1 aliphatic rings. The van der Waals surface area contributed by atoms with Crippen LogP contribution in [0.1, 0.15) is 30.5 Å². The standard InChI is InChI=1S/C15H24N2O/c1-11-5-3-4-6-14(11)15(9-16)17-8-7-13(10-17)12(2)18/h3-6,12-13,15,18H,7-10,16H2,1-2H3. The molecule has 3 atom stereocenters. The van der Waals surface area contributed by atoms with Crippen LogP contribution >= 0.6 is 0 Å². The maximum absolute atomic E-state index is 9.69. The van der Waals surface area contributed by atoms with Crippen molar-refractivity contribution >= 4 is 0 Å². The summed E-state index contributed by atoms with van der Waals surface area (Å²) in [5.74, 6) is 0.392. The van der Waals surface area contributed by atoms with E-state index in [0.717, 1.165) is 19.5 Å². The molecular weight excluding hydrogens is 224 g/mol. The van der Waals surface area contributed by atoms with Crippen molar-refractivity contribution in [3.63, 3.8) is 0 Å². The van der Waals surface area contributed by atoms with Crippen LogP contribution in [0.2, 0.25) is 0 Å². The number of aryl methyl sites for hydroxylation is 1. The Morgan fingerprint density at radius 1 is 1.44 bits per heavy atom. The van der Waals surface area contributed by atoms with Gasteiger partial charge in [-0.3, -0.25) is 4.90 Å². The lowest BCUT2D eigenvalue weighted by atomic mass is 10.00. The van der Waals surface area contributed by atoms with Crippen molar-refractivity contribution in [3.8, 4) is 0 Å². The van der Waals surface area contributed by atoms with Gasteiger partial charge in [-0.15, -0.1) is 0 Å². The van der Waals surface area contributed by atoms with E-state index in [1.54, 1.807) is 0 Å². The highest BCUT2D eigenvalue weighted by molar-refractivity contribution is 5.29. The summed E-state index contributed by atoms with van der Waals surface area (Å²) in [5.41, 5.74) is 8.60. The minimum Gasteiger partial charge on any atom is -0.393 e. The van der Waals surface area contributed by atoms with Crippen molar-refractivity contribution in [2.75, 3.05) is 19.6 Å². The predicted molar refractivity (Wildman–Crippen MR) is 74.3 cm³/mol. The minimum atomic E-state index is -0.217. The van der Waals surface area contributed by atoms with Gasteiger partial charge in [0.1, 0.15) is 0 Å². The molecule has 0 aromatic heterocycles. The summed E-state index contributed by atoms with van der Waals surface area (Å²) in [6.07, 6.45) is 0.852. The molecule has 0 saturated carbocycles. The molecule has 3 N–H and O–H groups in total. The molecule has 1 saturated heterocycles. The number of likely N-dealkylation sites (tertiary alicyclic amines) is 1.